The van der Waals surface area contributed by atoms with Crippen molar-refractivity contribution in [2.45, 2.75) is 39.7 Å². The summed E-state index contributed by atoms with van der Waals surface area (Å²) in [6, 6.07) is 6.88. The molecule has 2 atom stereocenters. The molecule has 0 amide bonds. The maximum Gasteiger partial charge on any atom is 0.152 e. The molecule has 0 aliphatic carbocycles. The Balaban J connectivity index is 2.64. The quantitative estimate of drug-likeness (QED) is 0.761. The van der Waals surface area contributed by atoms with Gasteiger partial charge in [0, 0.05) is 6.04 Å². The number of ether oxygens (including phenoxy) is 1. The van der Waals surface area contributed by atoms with E-state index in [0.717, 1.165) is 24.2 Å². The highest BCUT2D eigenvalue weighted by atomic mass is 32.2. The van der Waals surface area contributed by atoms with Crippen LogP contribution in [-0.4, -0.2) is 26.5 Å². The van der Waals surface area contributed by atoms with Crippen LogP contribution in [-0.2, 0) is 9.84 Å². The van der Waals surface area contributed by atoms with Crippen LogP contribution in [0.25, 0.3) is 0 Å². The van der Waals surface area contributed by atoms with Crippen LogP contribution < -0.4 is 10.5 Å². The van der Waals surface area contributed by atoms with E-state index < -0.39 is 15.9 Å². The summed E-state index contributed by atoms with van der Waals surface area (Å²) in [5, 5.41) is 0. The molecule has 0 radical (unpaired) electrons. The standard InChI is InChI=1S/C16H27NO3S/c1-4-10-20-15-8-6-14(7-9-15)16(17)12-21(18,19)11-13(3)5-2/h6-9,13,16H,4-5,10-12,17H2,1-3H3. The summed E-state index contributed by atoms with van der Waals surface area (Å²) in [5.74, 6) is 1.16. The van der Waals surface area contributed by atoms with Gasteiger partial charge in [-0.05, 0) is 30.0 Å². The minimum absolute atomic E-state index is 0.00744. The van der Waals surface area contributed by atoms with Crippen molar-refractivity contribution in [3.05, 3.63) is 29.8 Å². The smallest absolute Gasteiger partial charge is 0.152 e. The zero-order valence-corrected chi connectivity index (χ0v) is 14.0. The molecule has 0 aromatic heterocycles. The lowest BCUT2D eigenvalue weighted by molar-refractivity contribution is 0.317. The van der Waals surface area contributed by atoms with Crippen molar-refractivity contribution in [2.24, 2.45) is 11.7 Å². The summed E-state index contributed by atoms with van der Waals surface area (Å²) in [6.45, 7) is 6.67. The van der Waals surface area contributed by atoms with E-state index in [2.05, 4.69) is 0 Å². The number of rotatable bonds is 9. The lowest BCUT2D eigenvalue weighted by Gasteiger charge is -2.15. The zero-order chi connectivity index (χ0) is 15.9. The largest absolute Gasteiger partial charge is 0.494 e. The highest BCUT2D eigenvalue weighted by Crippen LogP contribution is 2.19. The highest BCUT2D eigenvalue weighted by Gasteiger charge is 2.20. The second kappa shape index (κ2) is 8.39. The Morgan fingerprint density at radius 3 is 2.29 bits per heavy atom. The predicted octanol–water partition coefficient (Wildman–Crippen LogP) is 2.94. The summed E-state index contributed by atoms with van der Waals surface area (Å²) in [7, 11) is -3.12. The molecular weight excluding hydrogens is 286 g/mol. The molecular formula is C16H27NO3S. The molecule has 2 N–H and O–H groups in total. The third-order valence-electron chi connectivity index (χ3n) is 3.45. The fraction of sp³-hybridized carbons (Fsp3) is 0.625. The average molecular weight is 313 g/mol. The molecule has 1 aromatic carbocycles. The highest BCUT2D eigenvalue weighted by molar-refractivity contribution is 7.91. The Labute approximate surface area is 128 Å². The molecule has 0 saturated heterocycles. The first-order chi connectivity index (χ1) is 9.88. The van der Waals surface area contributed by atoms with Crippen molar-refractivity contribution in [1.82, 2.24) is 0 Å². The van der Waals surface area contributed by atoms with Gasteiger partial charge < -0.3 is 10.5 Å². The summed E-state index contributed by atoms with van der Waals surface area (Å²) in [5.41, 5.74) is 6.85. The molecule has 0 spiro atoms. The first-order valence-electron chi connectivity index (χ1n) is 7.56. The maximum atomic E-state index is 12.1. The van der Waals surface area contributed by atoms with Crippen molar-refractivity contribution < 1.29 is 13.2 Å². The van der Waals surface area contributed by atoms with Crippen LogP contribution in [0.3, 0.4) is 0 Å². The fourth-order valence-electron chi connectivity index (χ4n) is 2.02. The van der Waals surface area contributed by atoms with E-state index in [4.69, 9.17) is 10.5 Å². The topological polar surface area (TPSA) is 69.4 Å². The second-order valence-corrected chi connectivity index (χ2v) is 7.77. The van der Waals surface area contributed by atoms with Gasteiger partial charge in [-0.3, -0.25) is 0 Å². The Bertz CT molecular complexity index is 511. The lowest BCUT2D eigenvalue weighted by atomic mass is 10.1. The van der Waals surface area contributed by atoms with E-state index in [1.165, 1.54) is 0 Å². The summed E-state index contributed by atoms with van der Waals surface area (Å²) < 4.78 is 29.7. The van der Waals surface area contributed by atoms with Gasteiger partial charge in [-0.1, -0.05) is 39.3 Å². The minimum Gasteiger partial charge on any atom is -0.494 e. The Morgan fingerprint density at radius 2 is 1.76 bits per heavy atom. The maximum absolute atomic E-state index is 12.1. The van der Waals surface area contributed by atoms with E-state index in [1.807, 2.05) is 45.0 Å². The Hall–Kier alpha value is -1.07. The van der Waals surface area contributed by atoms with E-state index in [0.29, 0.717) is 6.61 Å². The minimum atomic E-state index is -3.12. The molecule has 4 nitrogen and oxygen atoms in total. The zero-order valence-electron chi connectivity index (χ0n) is 13.2. The van der Waals surface area contributed by atoms with Crippen LogP contribution in [0, 0.1) is 5.92 Å². The lowest BCUT2D eigenvalue weighted by Crippen LogP contribution is -2.25. The molecule has 0 heterocycles. The van der Waals surface area contributed by atoms with Gasteiger partial charge in [-0.2, -0.15) is 0 Å². The molecule has 0 fully saturated rings. The fourth-order valence-corrected chi connectivity index (χ4v) is 4.00. The molecule has 0 saturated carbocycles. The molecule has 5 heteroatoms. The molecule has 0 aliphatic rings. The van der Waals surface area contributed by atoms with Gasteiger partial charge in [0.15, 0.2) is 9.84 Å². The van der Waals surface area contributed by atoms with Gasteiger partial charge in [0.2, 0.25) is 0 Å². The van der Waals surface area contributed by atoms with Crippen LogP contribution in [0.2, 0.25) is 0 Å². The predicted molar refractivity (Wildman–Crippen MR) is 87.3 cm³/mol. The van der Waals surface area contributed by atoms with Crippen LogP contribution in [0.4, 0.5) is 0 Å². The molecule has 1 rings (SSSR count). The monoisotopic (exact) mass is 313 g/mol. The Kier molecular flexibility index (Phi) is 7.18. The molecule has 1 aromatic rings. The van der Waals surface area contributed by atoms with Gasteiger partial charge >= 0.3 is 0 Å². The van der Waals surface area contributed by atoms with E-state index in [1.54, 1.807) is 0 Å². The first-order valence-corrected chi connectivity index (χ1v) is 9.38. The van der Waals surface area contributed by atoms with Crippen molar-refractivity contribution in [3.8, 4) is 5.75 Å². The van der Waals surface area contributed by atoms with Crippen molar-refractivity contribution in [3.63, 3.8) is 0 Å². The summed E-state index contributed by atoms with van der Waals surface area (Å²) in [6.07, 6.45) is 1.81. The number of benzene rings is 1. The van der Waals surface area contributed by atoms with Crippen molar-refractivity contribution in [2.75, 3.05) is 18.1 Å². The third kappa shape index (κ3) is 6.48. The average Bonchev–Trinajstić information content (AvgIpc) is 2.44. The van der Waals surface area contributed by atoms with Crippen molar-refractivity contribution >= 4 is 9.84 Å². The normalized spacial score (nSPS) is 14.7. The third-order valence-corrected chi connectivity index (χ3v) is 5.39. The number of hydrogen-bond donors (Lipinski definition) is 1. The second-order valence-electron chi connectivity index (χ2n) is 5.61. The number of nitrogens with two attached hydrogens (primary N) is 1. The molecule has 2 unspecified atom stereocenters. The van der Waals surface area contributed by atoms with Crippen LogP contribution in [0.5, 0.6) is 5.75 Å². The SMILES string of the molecule is CCCOc1ccc(C(N)CS(=O)(=O)CC(C)CC)cc1. The van der Waals surface area contributed by atoms with Crippen molar-refractivity contribution in [1.29, 1.82) is 0 Å². The molecule has 120 valence electrons. The Morgan fingerprint density at radius 1 is 1.14 bits per heavy atom. The van der Waals surface area contributed by atoms with Crippen LogP contribution in [0.1, 0.15) is 45.2 Å². The van der Waals surface area contributed by atoms with Gasteiger partial charge in [-0.25, -0.2) is 8.42 Å². The van der Waals surface area contributed by atoms with Crippen LogP contribution in [0.15, 0.2) is 24.3 Å². The first kappa shape index (κ1) is 18.0. The molecule has 0 aliphatic heterocycles. The van der Waals surface area contributed by atoms with E-state index in [-0.39, 0.29) is 17.4 Å². The van der Waals surface area contributed by atoms with Gasteiger partial charge in [0.1, 0.15) is 5.75 Å². The summed E-state index contributed by atoms with van der Waals surface area (Å²) in [4.78, 5) is 0. The van der Waals surface area contributed by atoms with Gasteiger partial charge in [0.05, 0.1) is 18.1 Å². The number of hydrogen-bond acceptors (Lipinski definition) is 4. The molecule has 0 bridgehead atoms. The van der Waals surface area contributed by atoms with E-state index >= 15 is 0 Å². The summed E-state index contributed by atoms with van der Waals surface area (Å²) >= 11 is 0. The van der Waals surface area contributed by atoms with Gasteiger partial charge in [0.25, 0.3) is 0 Å². The number of sulfone groups is 1. The van der Waals surface area contributed by atoms with E-state index in [9.17, 15) is 8.42 Å². The van der Waals surface area contributed by atoms with Crippen LogP contribution >= 0.6 is 0 Å². The molecule has 21 heavy (non-hydrogen) atoms. The van der Waals surface area contributed by atoms with Gasteiger partial charge in [-0.15, -0.1) is 0 Å².